The van der Waals surface area contributed by atoms with Gasteiger partial charge in [-0.2, -0.15) is 4.31 Å². The average Bonchev–Trinajstić information content (AvgIpc) is 2.61. The molecule has 7 nitrogen and oxygen atoms in total. The largest absolute Gasteiger partial charge is 0.335 e. The molecule has 0 aliphatic carbocycles. The second-order valence-corrected chi connectivity index (χ2v) is 9.17. The van der Waals surface area contributed by atoms with Crippen LogP contribution in [0.1, 0.15) is 24.8 Å². The lowest BCUT2D eigenvalue weighted by Crippen LogP contribution is -3.09. The molecule has 0 atom stereocenters. The summed E-state index contributed by atoms with van der Waals surface area (Å²) in [5.74, 6) is -0.116. The van der Waals surface area contributed by atoms with E-state index in [-0.39, 0.29) is 10.8 Å². The van der Waals surface area contributed by atoms with Crippen molar-refractivity contribution in [2.45, 2.75) is 31.1 Å². The molecular weight excluding hydrogens is 352 g/mol. The number of piperidine rings is 1. The summed E-state index contributed by atoms with van der Waals surface area (Å²) < 4.78 is 27.2. The Morgan fingerprint density at radius 3 is 2.58 bits per heavy atom. The maximum absolute atomic E-state index is 12.8. The molecule has 0 aromatic heterocycles. The zero-order valence-corrected chi connectivity index (χ0v) is 16.9. The van der Waals surface area contributed by atoms with Crippen LogP contribution in [0.25, 0.3) is 0 Å². The molecule has 4 N–H and O–H groups in total. The minimum atomic E-state index is -3.50. The molecule has 8 heteroatoms. The van der Waals surface area contributed by atoms with E-state index in [4.69, 9.17) is 0 Å². The highest BCUT2D eigenvalue weighted by atomic mass is 32.2. The fourth-order valence-corrected chi connectivity index (χ4v) is 4.52. The number of nitrogens with two attached hydrogens (primary N) is 1. The van der Waals surface area contributed by atoms with Gasteiger partial charge in [0.2, 0.25) is 10.0 Å². The monoisotopic (exact) mass is 384 g/mol. The number of anilines is 1. The van der Waals surface area contributed by atoms with E-state index < -0.39 is 10.0 Å². The van der Waals surface area contributed by atoms with Crippen LogP contribution in [0.5, 0.6) is 0 Å². The van der Waals surface area contributed by atoms with Gasteiger partial charge in [0.1, 0.15) is 13.1 Å². The fraction of sp³-hybridized carbons (Fsp3) is 0.611. The summed E-state index contributed by atoms with van der Waals surface area (Å²) in [7, 11) is 0.654. The second kappa shape index (κ2) is 9.45. The molecule has 1 aliphatic heterocycles. The van der Waals surface area contributed by atoms with Gasteiger partial charge in [-0.15, -0.1) is 0 Å². The molecule has 0 unspecified atom stereocenters. The average molecular weight is 385 g/mol. The summed E-state index contributed by atoms with van der Waals surface area (Å²) in [6.45, 7) is 5.19. The zero-order valence-electron chi connectivity index (χ0n) is 16.0. The molecule has 1 aromatic carbocycles. The Balaban J connectivity index is 2.03. The normalized spacial score (nSPS) is 16.0. The number of likely N-dealkylation sites (N-methyl/N-ethyl adjacent to an activating group) is 1. The molecule has 1 fully saturated rings. The summed E-state index contributed by atoms with van der Waals surface area (Å²) in [6.07, 6.45) is 2.88. The minimum absolute atomic E-state index is 0.116. The lowest BCUT2D eigenvalue weighted by Gasteiger charge is -2.26. The number of nitrogens with one attached hydrogen (secondary N) is 2. The highest BCUT2D eigenvalue weighted by Crippen LogP contribution is 2.25. The first kappa shape index (κ1) is 20.8. The lowest BCUT2D eigenvalue weighted by atomic mass is 10.2. The van der Waals surface area contributed by atoms with Crippen LogP contribution >= 0.6 is 0 Å². The van der Waals surface area contributed by atoms with E-state index in [0.29, 0.717) is 25.3 Å². The number of quaternary nitrogens is 2. The van der Waals surface area contributed by atoms with Gasteiger partial charge in [0, 0.05) is 18.8 Å². The molecule has 1 heterocycles. The Morgan fingerprint density at radius 1 is 1.23 bits per heavy atom. The van der Waals surface area contributed by atoms with Crippen LogP contribution in [-0.2, 0) is 14.8 Å². The number of amides is 1. The van der Waals surface area contributed by atoms with E-state index in [1.807, 2.05) is 12.2 Å². The predicted molar refractivity (Wildman–Crippen MR) is 102 cm³/mol. The first-order chi connectivity index (χ1) is 12.3. The second-order valence-electron chi connectivity index (χ2n) is 7.23. The molecule has 1 aliphatic rings. The smallest absolute Gasteiger partial charge is 0.279 e. The summed E-state index contributed by atoms with van der Waals surface area (Å²) in [5, 5.41) is 4.82. The number of aryl methyl sites for hydroxylation is 1. The SMILES string of the molecule is Cc1ccc(S(=O)(=O)N2CCCCC2)cc1NC(=O)C[NH2+]CC[NH+](C)C. The topological polar surface area (TPSA) is 87.5 Å². The third kappa shape index (κ3) is 5.77. The standard InChI is InChI=1S/C18H30N4O3S/c1-15-7-8-16(26(24,25)22-10-5-4-6-11-22)13-17(15)20-18(23)14-19-9-12-21(2)3/h7-8,13,19H,4-6,9-12,14H2,1-3H3,(H,20,23)/p+2. The van der Waals surface area contributed by atoms with Crippen molar-refractivity contribution in [2.24, 2.45) is 0 Å². The quantitative estimate of drug-likeness (QED) is 0.493. The highest BCUT2D eigenvalue weighted by molar-refractivity contribution is 7.89. The van der Waals surface area contributed by atoms with Crippen LogP contribution in [0.4, 0.5) is 5.69 Å². The van der Waals surface area contributed by atoms with Crippen molar-refractivity contribution < 1.29 is 23.4 Å². The van der Waals surface area contributed by atoms with E-state index in [1.165, 1.54) is 4.90 Å². The van der Waals surface area contributed by atoms with Crippen molar-refractivity contribution >= 4 is 21.6 Å². The first-order valence-corrected chi connectivity index (χ1v) is 10.8. The van der Waals surface area contributed by atoms with Crippen molar-refractivity contribution in [1.29, 1.82) is 0 Å². The van der Waals surface area contributed by atoms with Gasteiger partial charge < -0.3 is 15.5 Å². The molecule has 0 saturated carbocycles. The van der Waals surface area contributed by atoms with Crippen LogP contribution in [0, 0.1) is 6.92 Å². The molecule has 1 amide bonds. The Labute approximate surface area is 156 Å². The van der Waals surface area contributed by atoms with E-state index in [1.54, 1.807) is 22.5 Å². The van der Waals surface area contributed by atoms with Crippen LogP contribution in [0.2, 0.25) is 0 Å². The summed E-state index contributed by atoms with van der Waals surface area (Å²) in [4.78, 5) is 13.8. The van der Waals surface area contributed by atoms with Crippen LogP contribution < -0.4 is 15.5 Å². The van der Waals surface area contributed by atoms with E-state index in [2.05, 4.69) is 19.4 Å². The number of sulfonamides is 1. The third-order valence-electron chi connectivity index (χ3n) is 4.61. The molecule has 1 aromatic rings. The number of rotatable bonds is 8. The van der Waals surface area contributed by atoms with Gasteiger partial charge in [-0.05, 0) is 37.5 Å². The number of carbonyl (C=O) groups is 1. The zero-order chi connectivity index (χ0) is 19.2. The van der Waals surface area contributed by atoms with Gasteiger partial charge >= 0.3 is 0 Å². The van der Waals surface area contributed by atoms with Gasteiger partial charge in [0.15, 0.2) is 6.54 Å². The van der Waals surface area contributed by atoms with Crippen molar-refractivity contribution in [3.05, 3.63) is 23.8 Å². The van der Waals surface area contributed by atoms with Crippen LogP contribution in [-0.4, -0.2) is 65.4 Å². The highest BCUT2D eigenvalue weighted by Gasteiger charge is 2.26. The van der Waals surface area contributed by atoms with Crippen molar-refractivity contribution in [1.82, 2.24) is 4.31 Å². The molecule has 2 rings (SSSR count). The van der Waals surface area contributed by atoms with Gasteiger partial charge in [-0.3, -0.25) is 4.79 Å². The Kier molecular flexibility index (Phi) is 7.57. The van der Waals surface area contributed by atoms with Gasteiger partial charge in [0.25, 0.3) is 5.91 Å². The van der Waals surface area contributed by atoms with Crippen LogP contribution in [0.15, 0.2) is 23.1 Å². The number of carbonyl (C=O) groups excluding carboxylic acids is 1. The molecule has 1 saturated heterocycles. The lowest BCUT2D eigenvalue weighted by molar-refractivity contribution is -0.873. The van der Waals surface area contributed by atoms with E-state index in [9.17, 15) is 13.2 Å². The van der Waals surface area contributed by atoms with E-state index >= 15 is 0 Å². The summed E-state index contributed by atoms with van der Waals surface area (Å²) >= 11 is 0. The fourth-order valence-electron chi connectivity index (χ4n) is 2.98. The third-order valence-corrected chi connectivity index (χ3v) is 6.51. The van der Waals surface area contributed by atoms with Crippen molar-refractivity contribution in [2.75, 3.05) is 52.1 Å². The Hall–Kier alpha value is -1.48. The molecule has 146 valence electrons. The molecule has 0 radical (unpaired) electrons. The molecule has 0 spiro atoms. The first-order valence-electron chi connectivity index (χ1n) is 9.32. The van der Waals surface area contributed by atoms with Gasteiger partial charge in [-0.1, -0.05) is 12.5 Å². The Morgan fingerprint density at radius 2 is 1.92 bits per heavy atom. The molecule has 0 bridgehead atoms. The molecule has 26 heavy (non-hydrogen) atoms. The van der Waals surface area contributed by atoms with Crippen LogP contribution in [0.3, 0.4) is 0 Å². The van der Waals surface area contributed by atoms with E-state index in [0.717, 1.165) is 37.9 Å². The number of nitrogens with zero attached hydrogens (tertiary/aromatic N) is 1. The molecular formula is C18H32N4O3S+2. The number of hydrogen-bond acceptors (Lipinski definition) is 3. The Bertz CT molecular complexity index is 713. The van der Waals surface area contributed by atoms with Crippen molar-refractivity contribution in [3.8, 4) is 0 Å². The maximum Gasteiger partial charge on any atom is 0.279 e. The maximum atomic E-state index is 12.8. The minimum Gasteiger partial charge on any atom is -0.335 e. The predicted octanol–water partition coefficient (Wildman–Crippen LogP) is -1.18. The van der Waals surface area contributed by atoms with Crippen molar-refractivity contribution in [3.63, 3.8) is 0 Å². The van der Waals surface area contributed by atoms with Gasteiger partial charge in [0.05, 0.1) is 19.0 Å². The number of hydrogen-bond donors (Lipinski definition) is 3. The summed E-state index contributed by atoms with van der Waals surface area (Å²) in [5.41, 5.74) is 1.42. The van der Waals surface area contributed by atoms with Gasteiger partial charge in [-0.25, -0.2) is 8.42 Å². The number of benzene rings is 1. The summed E-state index contributed by atoms with van der Waals surface area (Å²) in [6, 6.07) is 4.97.